The third-order valence-corrected chi connectivity index (χ3v) is 4.18. The van der Waals surface area contributed by atoms with Gasteiger partial charge in [-0.05, 0) is 43.4 Å². The number of fused-ring (bicyclic) bond motifs is 2. The highest BCUT2D eigenvalue weighted by molar-refractivity contribution is 5.26. The molecule has 4 heteroatoms. The number of aryl methyl sites for hydroxylation is 1. The monoisotopic (exact) mass is 233 g/mol. The van der Waals surface area contributed by atoms with Gasteiger partial charge in [0.15, 0.2) is 0 Å². The molecule has 2 aliphatic rings. The van der Waals surface area contributed by atoms with Crippen molar-refractivity contribution in [1.29, 1.82) is 0 Å². The summed E-state index contributed by atoms with van der Waals surface area (Å²) in [7, 11) is 0. The first-order chi connectivity index (χ1) is 8.29. The number of hydrazine groups is 1. The van der Waals surface area contributed by atoms with Crippen molar-refractivity contribution >= 4 is 0 Å². The van der Waals surface area contributed by atoms with Gasteiger partial charge in [-0.3, -0.25) is 16.3 Å². The Morgan fingerprint density at radius 3 is 3.00 bits per heavy atom. The van der Waals surface area contributed by atoms with Crippen LogP contribution in [0.3, 0.4) is 0 Å². The summed E-state index contributed by atoms with van der Waals surface area (Å²) < 4.78 is 5.91. The Balaban J connectivity index is 1.87. The molecule has 4 nitrogen and oxygen atoms in total. The van der Waals surface area contributed by atoms with Gasteiger partial charge in [-0.1, -0.05) is 0 Å². The smallest absolute Gasteiger partial charge is 0.0627 e. The molecule has 92 valence electrons. The maximum atomic E-state index is 5.91. The van der Waals surface area contributed by atoms with Gasteiger partial charge < -0.3 is 4.74 Å². The van der Waals surface area contributed by atoms with E-state index in [2.05, 4.69) is 17.3 Å². The van der Waals surface area contributed by atoms with Crippen molar-refractivity contribution in [3.63, 3.8) is 0 Å². The van der Waals surface area contributed by atoms with Crippen LogP contribution in [0.5, 0.6) is 0 Å². The van der Waals surface area contributed by atoms with Crippen LogP contribution in [0, 0.1) is 12.8 Å². The molecule has 2 aliphatic heterocycles. The summed E-state index contributed by atoms with van der Waals surface area (Å²) in [5, 5.41) is 0. The highest BCUT2D eigenvalue weighted by Crippen LogP contribution is 2.44. The lowest BCUT2D eigenvalue weighted by Gasteiger charge is -2.28. The first kappa shape index (κ1) is 11.1. The molecule has 1 aromatic heterocycles. The second kappa shape index (κ2) is 4.37. The van der Waals surface area contributed by atoms with E-state index in [-0.39, 0.29) is 6.04 Å². The quantitative estimate of drug-likeness (QED) is 0.613. The lowest BCUT2D eigenvalue weighted by Crippen LogP contribution is -2.38. The predicted octanol–water partition coefficient (Wildman–Crippen LogP) is 1.46. The van der Waals surface area contributed by atoms with Gasteiger partial charge in [0.2, 0.25) is 0 Å². The van der Waals surface area contributed by atoms with E-state index in [0.717, 1.165) is 6.42 Å². The molecule has 0 aromatic carbocycles. The molecule has 2 bridgehead atoms. The number of pyridine rings is 1. The van der Waals surface area contributed by atoms with Crippen molar-refractivity contribution in [3.8, 4) is 0 Å². The largest absolute Gasteiger partial charge is 0.375 e. The van der Waals surface area contributed by atoms with Crippen molar-refractivity contribution in [2.45, 2.75) is 44.4 Å². The number of ether oxygens (including phenoxy) is 1. The lowest BCUT2D eigenvalue weighted by molar-refractivity contribution is 0.0856. The van der Waals surface area contributed by atoms with Gasteiger partial charge in [0.05, 0.1) is 18.2 Å². The van der Waals surface area contributed by atoms with Crippen LogP contribution in [-0.4, -0.2) is 17.2 Å². The summed E-state index contributed by atoms with van der Waals surface area (Å²) in [5.41, 5.74) is 5.41. The predicted molar refractivity (Wildman–Crippen MR) is 65.0 cm³/mol. The highest BCUT2D eigenvalue weighted by Gasteiger charge is 2.44. The first-order valence-corrected chi connectivity index (χ1v) is 6.31. The number of nitrogens with zero attached hydrogens (tertiary/aromatic N) is 1. The molecule has 0 radical (unpaired) electrons. The third-order valence-electron chi connectivity index (χ3n) is 4.18. The molecule has 1 aromatic rings. The number of nitrogens with one attached hydrogen (secondary N) is 1. The van der Waals surface area contributed by atoms with E-state index in [1.54, 1.807) is 0 Å². The van der Waals surface area contributed by atoms with E-state index in [1.807, 2.05) is 18.5 Å². The first-order valence-electron chi connectivity index (χ1n) is 6.31. The van der Waals surface area contributed by atoms with Crippen LogP contribution < -0.4 is 11.3 Å². The van der Waals surface area contributed by atoms with E-state index >= 15 is 0 Å². The molecule has 3 N–H and O–H groups in total. The van der Waals surface area contributed by atoms with Gasteiger partial charge in [0, 0.05) is 18.3 Å². The second-order valence-corrected chi connectivity index (χ2v) is 5.15. The summed E-state index contributed by atoms with van der Waals surface area (Å²) >= 11 is 0. The summed E-state index contributed by atoms with van der Waals surface area (Å²) in [6.45, 7) is 2.11. The standard InChI is InChI=1S/C13H19N3O/c1-8-4-5-15-7-11(8)13(16-14)10-6-9-2-3-12(10)17-9/h4-5,7,9-10,12-13,16H,2-3,6,14H2,1H3. The Bertz CT molecular complexity index is 409. The number of hydrogen-bond donors (Lipinski definition) is 2. The fraction of sp³-hybridized carbons (Fsp3) is 0.615. The molecule has 3 heterocycles. The van der Waals surface area contributed by atoms with Crippen molar-refractivity contribution in [3.05, 3.63) is 29.6 Å². The van der Waals surface area contributed by atoms with Crippen LogP contribution in [-0.2, 0) is 4.74 Å². The fourth-order valence-corrected chi connectivity index (χ4v) is 3.27. The maximum absolute atomic E-state index is 5.91. The minimum Gasteiger partial charge on any atom is -0.375 e. The average molecular weight is 233 g/mol. The summed E-state index contributed by atoms with van der Waals surface area (Å²) in [6.07, 6.45) is 8.08. The van der Waals surface area contributed by atoms with Crippen LogP contribution in [0.15, 0.2) is 18.5 Å². The third kappa shape index (κ3) is 1.86. The molecule has 4 atom stereocenters. The normalized spacial score (nSPS) is 32.9. The zero-order chi connectivity index (χ0) is 11.8. The Morgan fingerprint density at radius 1 is 1.53 bits per heavy atom. The molecular weight excluding hydrogens is 214 g/mol. The van der Waals surface area contributed by atoms with E-state index in [4.69, 9.17) is 10.6 Å². The SMILES string of the molecule is Cc1ccncc1C(NN)C1CC2CCC1O2. The minimum absolute atomic E-state index is 0.166. The zero-order valence-corrected chi connectivity index (χ0v) is 10.1. The highest BCUT2D eigenvalue weighted by atomic mass is 16.5. The maximum Gasteiger partial charge on any atom is 0.0627 e. The van der Waals surface area contributed by atoms with Crippen molar-refractivity contribution in [1.82, 2.24) is 10.4 Å². The second-order valence-electron chi connectivity index (χ2n) is 5.15. The molecule has 0 aliphatic carbocycles. The van der Waals surface area contributed by atoms with E-state index in [9.17, 15) is 0 Å². The Hall–Kier alpha value is -0.970. The van der Waals surface area contributed by atoms with Gasteiger partial charge >= 0.3 is 0 Å². The summed E-state index contributed by atoms with van der Waals surface area (Å²) in [4.78, 5) is 4.21. The van der Waals surface area contributed by atoms with Crippen LogP contribution >= 0.6 is 0 Å². The van der Waals surface area contributed by atoms with Crippen LogP contribution in [0.4, 0.5) is 0 Å². The Labute approximate surface area is 102 Å². The number of nitrogens with two attached hydrogens (primary N) is 1. The number of rotatable bonds is 3. The fourth-order valence-electron chi connectivity index (χ4n) is 3.27. The van der Waals surface area contributed by atoms with Gasteiger partial charge in [-0.15, -0.1) is 0 Å². The van der Waals surface area contributed by atoms with Gasteiger partial charge in [0.1, 0.15) is 0 Å². The average Bonchev–Trinajstić information content (AvgIpc) is 2.95. The molecule has 0 amide bonds. The van der Waals surface area contributed by atoms with Crippen LogP contribution in [0.2, 0.25) is 0 Å². The van der Waals surface area contributed by atoms with Crippen LogP contribution in [0.25, 0.3) is 0 Å². The Morgan fingerprint density at radius 2 is 2.41 bits per heavy atom. The lowest BCUT2D eigenvalue weighted by atomic mass is 9.81. The molecular formula is C13H19N3O. The van der Waals surface area contributed by atoms with Crippen molar-refractivity contribution in [2.24, 2.45) is 11.8 Å². The molecule has 0 saturated carbocycles. The molecule has 17 heavy (non-hydrogen) atoms. The topological polar surface area (TPSA) is 60.2 Å². The summed E-state index contributed by atoms with van der Waals surface area (Å²) in [5.74, 6) is 6.24. The van der Waals surface area contributed by atoms with Crippen LogP contribution in [0.1, 0.15) is 36.4 Å². The van der Waals surface area contributed by atoms with E-state index in [0.29, 0.717) is 18.1 Å². The molecule has 2 saturated heterocycles. The van der Waals surface area contributed by atoms with Crippen molar-refractivity contribution < 1.29 is 4.74 Å². The Kier molecular flexibility index (Phi) is 2.86. The molecule has 4 unspecified atom stereocenters. The zero-order valence-electron chi connectivity index (χ0n) is 10.1. The van der Waals surface area contributed by atoms with Crippen molar-refractivity contribution in [2.75, 3.05) is 0 Å². The number of hydrogen-bond acceptors (Lipinski definition) is 4. The van der Waals surface area contributed by atoms with E-state index < -0.39 is 0 Å². The molecule has 2 fully saturated rings. The van der Waals surface area contributed by atoms with Gasteiger partial charge in [0.25, 0.3) is 0 Å². The summed E-state index contributed by atoms with van der Waals surface area (Å²) in [6, 6.07) is 2.20. The molecule has 0 spiro atoms. The van der Waals surface area contributed by atoms with Gasteiger partial charge in [-0.2, -0.15) is 0 Å². The van der Waals surface area contributed by atoms with E-state index in [1.165, 1.54) is 24.0 Å². The van der Waals surface area contributed by atoms with Gasteiger partial charge in [-0.25, -0.2) is 0 Å². The number of aromatic nitrogens is 1. The minimum atomic E-state index is 0.166. The molecule has 3 rings (SSSR count).